The Morgan fingerprint density at radius 2 is 2.36 bits per heavy atom. The van der Waals surface area contributed by atoms with Crippen molar-refractivity contribution in [3.05, 3.63) is 5.69 Å². The second-order valence-electron chi connectivity index (χ2n) is 2.95. The van der Waals surface area contributed by atoms with E-state index in [2.05, 4.69) is 21.9 Å². The number of nitrogen functional groups attached to an aromatic ring is 1. The third kappa shape index (κ3) is 3.81. The second kappa shape index (κ2) is 7.03. The summed E-state index contributed by atoms with van der Waals surface area (Å²) in [6.45, 7) is 2.21. The molecule has 3 N–H and O–H groups in total. The van der Waals surface area contributed by atoms with Gasteiger partial charge >= 0.3 is 0 Å². The van der Waals surface area contributed by atoms with Crippen molar-refractivity contribution in [3.63, 3.8) is 0 Å². The fraction of sp³-hybridized carbons (Fsp3) is 0.750. The molecule has 0 saturated heterocycles. The number of anilines is 1. The molecule has 1 aromatic heterocycles. The van der Waals surface area contributed by atoms with Crippen LogP contribution in [0.2, 0.25) is 0 Å². The highest BCUT2D eigenvalue weighted by atomic mass is 32.2. The van der Waals surface area contributed by atoms with Gasteiger partial charge in [0, 0.05) is 17.3 Å². The zero-order valence-electron chi connectivity index (χ0n) is 8.32. The molecule has 0 unspecified atom stereocenters. The fourth-order valence-electron chi connectivity index (χ4n) is 1.04. The fourth-order valence-corrected chi connectivity index (χ4v) is 2.57. The molecule has 0 atom stereocenters. The second-order valence-corrected chi connectivity index (χ2v) is 4.81. The minimum absolute atomic E-state index is 0.882. The normalized spacial score (nSPS) is 10.4. The Kier molecular flexibility index (Phi) is 5.89. The van der Waals surface area contributed by atoms with Crippen LogP contribution >= 0.6 is 23.3 Å². The van der Waals surface area contributed by atoms with Gasteiger partial charge < -0.3 is 5.43 Å². The molecular formula is C8H16N4S2. The number of rotatable bonds is 7. The number of hydrogen-bond donors (Lipinski definition) is 2. The number of nitrogens with one attached hydrogen (secondary N) is 1. The third-order valence-corrected chi connectivity index (χ3v) is 3.57. The Bertz CT molecular complexity index is 251. The van der Waals surface area contributed by atoms with Crippen LogP contribution in [0.15, 0.2) is 0 Å². The Labute approximate surface area is 92.8 Å². The molecule has 4 nitrogen and oxygen atoms in total. The molecule has 0 fully saturated rings. The maximum Gasteiger partial charge on any atom is 0.148 e. The molecular weight excluding hydrogens is 216 g/mol. The summed E-state index contributed by atoms with van der Waals surface area (Å²) in [4.78, 5) is 0. The van der Waals surface area contributed by atoms with Gasteiger partial charge in [0.25, 0.3) is 0 Å². The molecule has 0 aliphatic heterocycles. The summed E-state index contributed by atoms with van der Waals surface area (Å²) in [6.07, 6.45) is 3.86. The summed E-state index contributed by atoms with van der Waals surface area (Å²) in [5.74, 6) is 7.41. The SMILES string of the molecule is CCCCCSCc1nnsc1NN. The number of nitrogens with two attached hydrogens (primary N) is 1. The van der Waals surface area contributed by atoms with Crippen LogP contribution in [0.25, 0.3) is 0 Å². The van der Waals surface area contributed by atoms with Gasteiger partial charge in [0.05, 0.1) is 0 Å². The predicted octanol–water partition coefficient (Wildman–Crippen LogP) is 2.25. The molecule has 0 bridgehead atoms. The van der Waals surface area contributed by atoms with Crippen molar-refractivity contribution in [2.45, 2.75) is 31.9 Å². The van der Waals surface area contributed by atoms with E-state index in [4.69, 9.17) is 5.84 Å². The van der Waals surface area contributed by atoms with Crippen LogP contribution < -0.4 is 11.3 Å². The molecule has 1 heterocycles. The van der Waals surface area contributed by atoms with Crippen LogP contribution in [0.1, 0.15) is 31.9 Å². The summed E-state index contributed by atoms with van der Waals surface area (Å²) >= 11 is 3.20. The van der Waals surface area contributed by atoms with Crippen LogP contribution in [-0.2, 0) is 5.75 Å². The van der Waals surface area contributed by atoms with Crippen molar-refractivity contribution in [1.82, 2.24) is 9.59 Å². The zero-order chi connectivity index (χ0) is 10.2. The maximum absolute atomic E-state index is 5.32. The first-order valence-corrected chi connectivity index (χ1v) is 6.67. The molecule has 1 rings (SSSR count). The van der Waals surface area contributed by atoms with E-state index in [1.54, 1.807) is 0 Å². The van der Waals surface area contributed by atoms with Crippen molar-refractivity contribution in [3.8, 4) is 0 Å². The molecule has 0 aromatic carbocycles. The number of hydrogen-bond acceptors (Lipinski definition) is 6. The van der Waals surface area contributed by atoms with Crippen LogP contribution in [0, 0.1) is 0 Å². The first-order chi connectivity index (χ1) is 6.88. The molecule has 14 heavy (non-hydrogen) atoms. The Hall–Kier alpha value is -0.330. The Balaban J connectivity index is 2.17. The largest absolute Gasteiger partial charge is 0.313 e. The van der Waals surface area contributed by atoms with Gasteiger partial charge in [-0.15, -0.1) is 5.10 Å². The predicted molar refractivity (Wildman–Crippen MR) is 63.4 cm³/mol. The average molecular weight is 232 g/mol. The van der Waals surface area contributed by atoms with E-state index in [-0.39, 0.29) is 0 Å². The van der Waals surface area contributed by atoms with Crippen molar-refractivity contribution in [1.29, 1.82) is 0 Å². The van der Waals surface area contributed by atoms with Gasteiger partial charge in [0.1, 0.15) is 10.7 Å². The summed E-state index contributed by atoms with van der Waals surface area (Å²) < 4.78 is 3.84. The molecule has 80 valence electrons. The first-order valence-electron chi connectivity index (χ1n) is 4.74. The van der Waals surface area contributed by atoms with Gasteiger partial charge in [-0.25, -0.2) is 5.84 Å². The maximum atomic E-state index is 5.32. The molecule has 0 amide bonds. The monoisotopic (exact) mass is 232 g/mol. The highest BCUT2D eigenvalue weighted by Crippen LogP contribution is 2.21. The van der Waals surface area contributed by atoms with Gasteiger partial charge in [0.2, 0.25) is 0 Å². The number of aromatic nitrogens is 2. The summed E-state index contributed by atoms with van der Waals surface area (Å²) in [7, 11) is 0. The molecule has 0 saturated carbocycles. The first kappa shape index (κ1) is 11.7. The van der Waals surface area contributed by atoms with E-state index < -0.39 is 0 Å². The summed E-state index contributed by atoms with van der Waals surface area (Å²) in [5, 5.41) is 4.89. The van der Waals surface area contributed by atoms with E-state index in [0.717, 1.165) is 16.4 Å². The quantitative estimate of drug-likeness (QED) is 0.429. The van der Waals surface area contributed by atoms with Gasteiger partial charge in [-0.2, -0.15) is 11.8 Å². The molecule has 0 spiro atoms. The highest BCUT2D eigenvalue weighted by molar-refractivity contribution is 7.98. The molecule has 0 aliphatic carbocycles. The van der Waals surface area contributed by atoms with Crippen LogP contribution in [0.3, 0.4) is 0 Å². The van der Waals surface area contributed by atoms with Gasteiger partial charge in [0.15, 0.2) is 0 Å². The van der Waals surface area contributed by atoms with E-state index in [1.165, 1.54) is 36.5 Å². The lowest BCUT2D eigenvalue weighted by molar-refractivity contribution is 0.778. The number of thioether (sulfide) groups is 1. The molecule has 0 aliphatic rings. The lowest BCUT2D eigenvalue weighted by Crippen LogP contribution is -2.06. The van der Waals surface area contributed by atoms with E-state index in [9.17, 15) is 0 Å². The zero-order valence-corrected chi connectivity index (χ0v) is 9.96. The van der Waals surface area contributed by atoms with Crippen molar-refractivity contribution < 1.29 is 0 Å². The minimum Gasteiger partial charge on any atom is -0.313 e. The van der Waals surface area contributed by atoms with Crippen molar-refractivity contribution in [2.24, 2.45) is 5.84 Å². The van der Waals surface area contributed by atoms with Crippen molar-refractivity contribution in [2.75, 3.05) is 11.2 Å². The summed E-state index contributed by atoms with van der Waals surface area (Å²) in [5.41, 5.74) is 3.58. The van der Waals surface area contributed by atoms with E-state index >= 15 is 0 Å². The lowest BCUT2D eigenvalue weighted by Gasteiger charge is -2.00. The topological polar surface area (TPSA) is 63.8 Å². The van der Waals surface area contributed by atoms with Crippen LogP contribution in [0.5, 0.6) is 0 Å². The van der Waals surface area contributed by atoms with E-state index in [1.807, 2.05) is 11.8 Å². The Morgan fingerprint density at radius 1 is 1.50 bits per heavy atom. The van der Waals surface area contributed by atoms with E-state index in [0.29, 0.717) is 0 Å². The molecule has 0 radical (unpaired) electrons. The molecule has 6 heteroatoms. The summed E-state index contributed by atoms with van der Waals surface area (Å²) in [6, 6.07) is 0. The number of unbranched alkanes of at least 4 members (excludes halogenated alkanes) is 2. The Morgan fingerprint density at radius 3 is 3.07 bits per heavy atom. The average Bonchev–Trinajstić information content (AvgIpc) is 2.65. The lowest BCUT2D eigenvalue weighted by atomic mass is 10.3. The van der Waals surface area contributed by atoms with Gasteiger partial charge in [-0.3, -0.25) is 0 Å². The number of nitrogens with zero attached hydrogens (tertiary/aromatic N) is 2. The van der Waals surface area contributed by atoms with Crippen LogP contribution in [-0.4, -0.2) is 15.3 Å². The third-order valence-electron chi connectivity index (χ3n) is 1.82. The smallest absolute Gasteiger partial charge is 0.148 e. The van der Waals surface area contributed by atoms with Crippen molar-refractivity contribution >= 4 is 28.3 Å². The highest BCUT2D eigenvalue weighted by Gasteiger charge is 2.05. The molecule has 1 aromatic rings. The van der Waals surface area contributed by atoms with Gasteiger partial charge in [-0.05, 0) is 12.2 Å². The number of hydrazine groups is 1. The standard InChI is InChI=1S/C8H16N4S2/c1-2-3-4-5-13-6-7-8(10-9)14-12-11-7/h10H,2-6,9H2,1H3. The van der Waals surface area contributed by atoms with Gasteiger partial charge in [-0.1, -0.05) is 24.3 Å². The van der Waals surface area contributed by atoms with Crippen LogP contribution in [0.4, 0.5) is 5.00 Å². The minimum atomic E-state index is 0.882.